The van der Waals surface area contributed by atoms with Gasteiger partial charge in [-0.25, -0.2) is 0 Å². The van der Waals surface area contributed by atoms with Crippen molar-refractivity contribution in [3.05, 3.63) is 58.1 Å². The highest BCUT2D eigenvalue weighted by Crippen LogP contribution is 2.38. The third-order valence-corrected chi connectivity index (χ3v) is 7.36. The number of nitro groups is 1. The van der Waals surface area contributed by atoms with Gasteiger partial charge >= 0.3 is 0 Å². The van der Waals surface area contributed by atoms with E-state index in [0.717, 1.165) is 38.5 Å². The first-order valence-electron chi connectivity index (χ1n) is 11.1. The van der Waals surface area contributed by atoms with Crippen molar-refractivity contribution in [2.75, 3.05) is 16.8 Å². The number of unbranched alkanes of at least 4 members (excludes halogenated alkanes) is 1. The van der Waals surface area contributed by atoms with E-state index in [0.29, 0.717) is 18.1 Å². The van der Waals surface area contributed by atoms with Crippen molar-refractivity contribution in [2.45, 2.75) is 50.3 Å². The SMILES string of the molecule is CCCCN1C(C2CCCC2)=NS(=O)(=O)c2cc(NC(=O)c3cccc([N+](=O)[O-])c3)ccc21. The van der Waals surface area contributed by atoms with Crippen LogP contribution in [0.4, 0.5) is 17.1 Å². The number of non-ortho nitro benzene ring substituents is 1. The molecule has 1 N–H and O–H groups in total. The molecule has 0 radical (unpaired) electrons. The van der Waals surface area contributed by atoms with Gasteiger partial charge in [0.1, 0.15) is 10.7 Å². The summed E-state index contributed by atoms with van der Waals surface area (Å²) in [6.45, 7) is 2.76. The fourth-order valence-electron chi connectivity index (χ4n) is 4.36. The number of nitro benzene ring substituents is 1. The van der Waals surface area contributed by atoms with Gasteiger partial charge in [-0.15, -0.1) is 4.40 Å². The van der Waals surface area contributed by atoms with Crippen LogP contribution in [0.5, 0.6) is 0 Å². The number of rotatable bonds is 7. The van der Waals surface area contributed by atoms with Crippen molar-refractivity contribution in [3.8, 4) is 0 Å². The summed E-state index contributed by atoms with van der Waals surface area (Å²) in [7, 11) is -3.92. The minimum atomic E-state index is -3.92. The highest BCUT2D eigenvalue weighted by atomic mass is 32.2. The lowest BCUT2D eigenvalue weighted by Crippen LogP contribution is -2.40. The van der Waals surface area contributed by atoms with Gasteiger partial charge in [-0.1, -0.05) is 32.3 Å². The van der Waals surface area contributed by atoms with Crippen LogP contribution < -0.4 is 10.2 Å². The number of amidine groups is 1. The van der Waals surface area contributed by atoms with Gasteiger partial charge in [0, 0.05) is 35.8 Å². The van der Waals surface area contributed by atoms with Crippen molar-refractivity contribution in [1.29, 1.82) is 0 Å². The van der Waals surface area contributed by atoms with E-state index in [9.17, 15) is 23.3 Å². The summed E-state index contributed by atoms with van der Waals surface area (Å²) < 4.78 is 30.4. The Bertz CT molecular complexity index is 1220. The van der Waals surface area contributed by atoms with Gasteiger partial charge in [0.25, 0.3) is 21.6 Å². The van der Waals surface area contributed by atoms with E-state index in [-0.39, 0.29) is 27.8 Å². The van der Waals surface area contributed by atoms with Crippen LogP contribution in [0.25, 0.3) is 0 Å². The molecule has 9 nitrogen and oxygen atoms in total. The van der Waals surface area contributed by atoms with Gasteiger partial charge in [0.05, 0.1) is 10.6 Å². The van der Waals surface area contributed by atoms with Gasteiger partial charge < -0.3 is 10.2 Å². The molecule has 0 aromatic heterocycles. The summed E-state index contributed by atoms with van der Waals surface area (Å²) in [5.41, 5.74) is 0.768. The van der Waals surface area contributed by atoms with Gasteiger partial charge in [-0.05, 0) is 43.5 Å². The van der Waals surface area contributed by atoms with E-state index in [1.54, 1.807) is 12.1 Å². The molecular formula is C23H26N4O5S. The number of sulfonamides is 1. The quantitative estimate of drug-likeness (QED) is 0.460. The average Bonchev–Trinajstić information content (AvgIpc) is 3.33. The number of nitrogens with zero attached hydrogens (tertiary/aromatic N) is 3. The normalized spacial score (nSPS) is 17.4. The molecule has 174 valence electrons. The molecular weight excluding hydrogens is 444 g/mol. The fourth-order valence-corrected chi connectivity index (χ4v) is 5.67. The Labute approximate surface area is 192 Å². The van der Waals surface area contributed by atoms with Crippen molar-refractivity contribution < 1.29 is 18.1 Å². The summed E-state index contributed by atoms with van der Waals surface area (Å²) in [6.07, 6.45) is 5.87. The maximum Gasteiger partial charge on any atom is 0.286 e. The number of carbonyl (C=O) groups is 1. The second-order valence-electron chi connectivity index (χ2n) is 8.36. The molecule has 2 aliphatic rings. The van der Waals surface area contributed by atoms with Crippen LogP contribution in [0.2, 0.25) is 0 Å². The molecule has 10 heteroatoms. The van der Waals surface area contributed by atoms with E-state index in [1.807, 2.05) is 4.90 Å². The second-order valence-corrected chi connectivity index (χ2v) is 9.93. The Morgan fingerprint density at radius 3 is 2.67 bits per heavy atom. The van der Waals surface area contributed by atoms with E-state index in [2.05, 4.69) is 16.6 Å². The number of anilines is 2. The zero-order valence-electron chi connectivity index (χ0n) is 18.4. The molecule has 0 unspecified atom stereocenters. The number of benzene rings is 2. The second kappa shape index (κ2) is 9.30. The first kappa shape index (κ1) is 22.9. The Hall–Kier alpha value is -3.27. The van der Waals surface area contributed by atoms with Crippen LogP contribution in [0.15, 0.2) is 51.8 Å². The molecule has 1 saturated carbocycles. The molecule has 2 aromatic rings. The maximum absolute atomic E-state index is 13.1. The molecule has 1 aliphatic heterocycles. The van der Waals surface area contributed by atoms with Crippen molar-refractivity contribution in [2.24, 2.45) is 10.3 Å². The Balaban J connectivity index is 1.66. The van der Waals surface area contributed by atoms with Crippen LogP contribution in [0.1, 0.15) is 55.8 Å². The molecule has 0 saturated heterocycles. The third-order valence-electron chi connectivity index (χ3n) is 6.05. The van der Waals surface area contributed by atoms with Crippen LogP contribution in [-0.2, 0) is 10.0 Å². The summed E-state index contributed by atoms with van der Waals surface area (Å²) in [5.74, 6) is 0.199. The summed E-state index contributed by atoms with van der Waals surface area (Å²) in [6, 6.07) is 10.1. The zero-order valence-corrected chi connectivity index (χ0v) is 19.2. The lowest BCUT2D eigenvalue weighted by atomic mass is 10.0. The van der Waals surface area contributed by atoms with Crippen LogP contribution in [0, 0.1) is 16.0 Å². The molecule has 1 heterocycles. The van der Waals surface area contributed by atoms with Gasteiger partial charge in [0.15, 0.2) is 0 Å². The van der Waals surface area contributed by atoms with Gasteiger partial charge in [-0.3, -0.25) is 14.9 Å². The largest absolute Gasteiger partial charge is 0.328 e. The fraction of sp³-hybridized carbons (Fsp3) is 0.391. The number of fused-ring (bicyclic) bond motifs is 1. The summed E-state index contributed by atoms with van der Waals surface area (Å²) >= 11 is 0. The van der Waals surface area contributed by atoms with E-state index in [4.69, 9.17) is 0 Å². The Morgan fingerprint density at radius 1 is 1.21 bits per heavy atom. The first-order valence-corrected chi connectivity index (χ1v) is 12.6. The lowest BCUT2D eigenvalue weighted by molar-refractivity contribution is -0.384. The van der Waals surface area contributed by atoms with Crippen molar-refractivity contribution >= 4 is 38.8 Å². The first-order chi connectivity index (χ1) is 15.8. The zero-order chi connectivity index (χ0) is 23.6. The van der Waals surface area contributed by atoms with Crippen LogP contribution >= 0.6 is 0 Å². The lowest BCUT2D eigenvalue weighted by Gasteiger charge is -2.33. The average molecular weight is 471 g/mol. The van der Waals surface area contributed by atoms with E-state index in [1.165, 1.54) is 30.3 Å². The Morgan fingerprint density at radius 2 is 1.97 bits per heavy atom. The molecule has 1 fully saturated rings. The smallest absolute Gasteiger partial charge is 0.286 e. The monoisotopic (exact) mass is 470 g/mol. The number of hydrogen-bond donors (Lipinski definition) is 1. The van der Waals surface area contributed by atoms with Crippen LogP contribution in [0.3, 0.4) is 0 Å². The minimum absolute atomic E-state index is 0.0530. The van der Waals surface area contributed by atoms with Gasteiger partial charge in [-0.2, -0.15) is 8.42 Å². The highest BCUT2D eigenvalue weighted by molar-refractivity contribution is 7.90. The van der Waals surface area contributed by atoms with E-state index < -0.39 is 20.9 Å². The predicted octanol–water partition coefficient (Wildman–Crippen LogP) is 4.74. The van der Waals surface area contributed by atoms with E-state index >= 15 is 0 Å². The summed E-state index contributed by atoms with van der Waals surface area (Å²) in [4.78, 5) is 25.1. The summed E-state index contributed by atoms with van der Waals surface area (Å²) in [5, 5.41) is 13.6. The molecule has 2 aromatic carbocycles. The molecule has 33 heavy (non-hydrogen) atoms. The molecule has 0 atom stereocenters. The number of hydrogen-bond acceptors (Lipinski definition) is 6. The van der Waals surface area contributed by atoms with Crippen molar-refractivity contribution in [1.82, 2.24) is 0 Å². The topological polar surface area (TPSA) is 122 Å². The number of carbonyl (C=O) groups excluding carboxylic acids is 1. The standard InChI is InChI=1S/C23H26N4O5S/c1-2-3-13-26-20-12-11-18(24-23(28)17-9-6-10-19(14-17)27(29)30)15-21(20)33(31,32)25-22(26)16-7-4-5-8-16/h6,9-12,14-16H,2-5,7-8,13H2,1H3,(H,24,28). The molecule has 0 bridgehead atoms. The highest BCUT2D eigenvalue weighted by Gasteiger charge is 2.35. The number of nitrogens with one attached hydrogen (secondary N) is 1. The van der Waals surface area contributed by atoms with Crippen molar-refractivity contribution in [3.63, 3.8) is 0 Å². The molecule has 4 rings (SSSR count). The predicted molar refractivity (Wildman–Crippen MR) is 126 cm³/mol. The number of amides is 1. The minimum Gasteiger partial charge on any atom is -0.328 e. The van der Waals surface area contributed by atoms with Gasteiger partial charge in [0.2, 0.25) is 0 Å². The molecule has 1 aliphatic carbocycles. The molecule has 0 spiro atoms. The van der Waals surface area contributed by atoms with Crippen LogP contribution in [-0.4, -0.2) is 31.6 Å². The Kier molecular flexibility index (Phi) is 6.46. The third kappa shape index (κ3) is 4.75. The molecule has 1 amide bonds. The maximum atomic E-state index is 13.1.